The van der Waals surface area contributed by atoms with E-state index in [-0.39, 0.29) is 24.0 Å². The first-order chi connectivity index (χ1) is 11.4. The lowest BCUT2D eigenvalue weighted by molar-refractivity contribution is -0.0194. The molecule has 2 aromatic rings. The van der Waals surface area contributed by atoms with Crippen LogP contribution in [0.15, 0.2) is 18.3 Å². The van der Waals surface area contributed by atoms with Crippen molar-refractivity contribution in [2.75, 3.05) is 12.9 Å². The summed E-state index contributed by atoms with van der Waals surface area (Å²) in [5.41, 5.74) is 0.936. The molecular weight excluding hydrogens is 336 g/mol. The molecule has 1 aliphatic heterocycles. The summed E-state index contributed by atoms with van der Waals surface area (Å²) in [6, 6.07) is 2.52. The number of carbonyl (C=O) groups is 1. The van der Waals surface area contributed by atoms with E-state index in [4.69, 9.17) is 4.74 Å². The van der Waals surface area contributed by atoms with Gasteiger partial charge in [0.25, 0.3) is 5.91 Å². The zero-order valence-electron chi connectivity index (χ0n) is 12.8. The van der Waals surface area contributed by atoms with E-state index in [9.17, 15) is 13.2 Å². The van der Waals surface area contributed by atoms with Crippen LogP contribution in [0.2, 0.25) is 0 Å². The minimum atomic E-state index is -3.39. The van der Waals surface area contributed by atoms with E-state index in [0.717, 1.165) is 12.7 Å². The molecule has 1 amide bonds. The van der Waals surface area contributed by atoms with Crippen molar-refractivity contribution in [2.45, 2.75) is 24.6 Å². The number of hydrogen-bond acceptors (Lipinski definition) is 7. The van der Waals surface area contributed by atoms with Crippen molar-refractivity contribution in [3.05, 3.63) is 23.9 Å². The van der Waals surface area contributed by atoms with Crippen LogP contribution < -0.4 is 10.0 Å². The highest BCUT2D eigenvalue weighted by Gasteiger charge is 2.55. The number of amides is 1. The number of nitrogens with one attached hydrogen (secondary N) is 2. The summed E-state index contributed by atoms with van der Waals surface area (Å²) in [4.78, 5) is 12.5. The van der Waals surface area contributed by atoms with Crippen LogP contribution in [-0.2, 0) is 14.8 Å². The van der Waals surface area contributed by atoms with Crippen LogP contribution in [0.1, 0.15) is 16.8 Å². The molecule has 0 unspecified atom stereocenters. The summed E-state index contributed by atoms with van der Waals surface area (Å²) >= 11 is 0. The summed E-state index contributed by atoms with van der Waals surface area (Å²) in [6.45, 7) is 0.570. The molecule has 0 radical (unpaired) electrons. The zero-order chi connectivity index (χ0) is 16.9. The van der Waals surface area contributed by atoms with Crippen LogP contribution >= 0.6 is 0 Å². The van der Waals surface area contributed by atoms with Gasteiger partial charge in [0.2, 0.25) is 10.0 Å². The largest absolute Gasteiger partial charge is 0.376 e. The van der Waals surface area contributed by atoms with Crippen LogP contribution in [0.5, 0.6) is 0 Å². The van der Waals surface area contributed by atoms with Crippen LogP contribution in [0.25, 0.3) is 5.65 Å². The zero-order valence-corrected chi connectivity index (χ0v) is 13.6. The first-order valence-corrected chi connectivity index (χ1v) is 9.39. The Hall–Kier alpha value is -2.11. The van der Waals surface area contributed by atoms with Crippen LogP contribution in [0.3, 0.4) is 0 Å². The summed E-state index contributed by atoms with van der Waals surface area (Å²) in [5, 5.41) is 14.0. The van der Waals surface area contributed by atoms with Gasteiger partial charge in [0.1, 0.15) is 0 Å². The molecule has 0 aromatic carbocycles. The van der Waals surface area contributed by atoms with Gasteiger partial charge in [-0.05, 0) is 29.0 Å². The molecular formula is C13H16N6O4S. The second-order valence-electron chi connectivity index (χ2n) is 6.10. The Balaban J connectivity index is 1.53. The highest BCUT2D eigenvalue weighted by molar-refractivity contribution is 7.88. The quantitative estimate of drug-likeness (QED) is 0.690. The molecule has 24 heavy (non-hydrogen) atoms. The number of pyridine rings is 1. The van der Waals surface area contributed by atoms with Crippen LogP contribution in [0, 0.1) is 5.92 Å². The normalized spacial score (nSPS) is 29.2. The fourth-order valence-electron chi connectivity index (χ4n) is 3.40. The molecule has 3 heterocycles. The monoisotopic (exact) mass is 352 g/mol. The summed E-state index contributed by atoms with van der Waals surface area (Å²) < 4.78 is 32.6. The first kappa shape index (κ1) is 15.4. The number of rotatable bonds is 4. The molecule has 10 nitrogen and oxygen atoms in total. The Labute approximate surface area is 137 Å². The Morgan fingerprint density at radius 3 is 3.00 bits per heavy atom. The van der Waals surface area contributed by atoms with Gasteiger partial charge in [-0.25, -0.2) is 13.1 Å². The average Bonchev–Trinajstić information content (AvgIpc) is 3.15. The molecule has 2 aromatic heterocycles. The van der Waals surface area contributed by atoms with Gasteiger partial charge < -0.3 is 10.1 Å². The lowest BCUT2D eigenvalue weighted by Gasteiger charge is -2.47. The van der Waals surface area contributed by atoms with Gasteiger partial charge in [-0.1, -0.05) is 0 Å². The SMILES string of the molecule is CS(=O)(=O)N[C@@H]1[C@@H](NC(=O)c2ccc3nnnn3c2)[C@H]2CCO[C@H]21. The number of tetrazole rings is 1. The third-order valence-corrected chi connectivity index (χ3v) is 5.19. The van der Waals surface area contributed by atoms with E-state index < -0.39 is 16.1 Å². The topological polar surface area (TPSA) is 128 Å². The molecule has 11 heteroatoms. The maximum atomic E-state index is 12.5. The van der Waals surface area contributed by atoms with E-state index in [1.54, 1.807) is 12.1 Å². The van der Waals surface area contributed by atoms with E-state index in [0.29, 0.717) is 17.8 Å². The number of hydrogen-bond donors (Lipinski definition) is 2. The molecule has 1 saturated carbocycles. The van der Waals surface area contributed by atoms with Gasteiger partial charge in [-0.2, -0.15) is 4.52 Å². The van der Waals surface area contributed by atoms with Crippen molar-refractivity contribution < 1.29 is 17.9 Å². The van der Waals surface area contributed by atoms with Gasteiger partial charge in [0.05, 0.1) is 30.0 Å². The fraction of sp³-hybridized carbons (Fsp3) is 0.538. The highest BCUT2D eigenvalue weighted by Crippen LogP contribution is 2.39. The predicted octanol–water partition coefficient (Wildman–Crippen LogP) is -1.44. The van der Waals surface area contributed by atoms with Gasteiger partial charge >= 0.3 is 0 Å². The van der Waals surface area contributed by atoms with Gasteiger partial charge in [-0.3, -0.25) is 4.79 Å². The summed E-state index contributed by atoms with van der Waals surface area (Å²) in [7, 11) is -3.39. The number of fused-ring (bicyclic) bond motifs is 2. The molecule has 1 aliphatic carbocycles. The van der Waals surface area contributed by atoms with Crippen molar-refractivity contribution in [3.8, 4) is 0 Å². The molecule has 2 fully saturated rings. The van der Waals surface area contributed by atoms with Crippen molar-refractivity contribution in [3.63, 3.8) is 0 Å². The molecule has 0 bridgehead atoms. The van der Waals surface area contributed by atoms with Gasteiger partial charge in [-0.15, -0.1) is 5.10 Å². The van der Waals surface area contributed by atoms with Crippen LogP contribution in [0.4, 0.5) is 0 Å². The number of sulfonamides is 1. The Morgan fingerprint density at radius 2 is 2.21 bits per heavy atom. The Morgan fingerprint density at radius 1 is 1.38 bits per heavy atom. The lowest BCUT2D eigenvalue weighted by atomic mass is 9.72. The Kier molecular flexibility index (Phi) is 3.51. The van der Waals surface area contributed by atoms with Crippen molar-refractivity contribution in [2.24, 2.45) is 5.92 Å². The number of aromatic nitrogens is 4. The molecule has 4 atom stereocenters. The summed E-state index contributed by atoms with van der Waals surface area (Å²) in [6.07, 6.45) is 3.24. The molecule has 2 aliphatic rings. The van der Waals surface area contributed by atoms with Crippen molar-refractivity contribution >= 4 is 21.6 Å². The van der Waals surface area contributed by atoms with E-state index in [2.05, 4.69) is 25.6 Å². The van der Waals surface area contributed by atoms with Crippen molar-refractivity contribution in [1.82, 2.24) is 30.1 Å². The van der Waals surface area contributed by atoms with E-state index in [1.807, 2.05) is 0 Å². The minimum absolute atomic E-state index is 0.116. The third-order valence-electron chi connectivity index (χ3n) is 4.49. The minimum Gasteiger partial charge on any atom is -0.376 e. The third kappa shape index (κ3) is 2.64. The molecule has 128 valence electrons. The smallest absolute Gasteiger partial charge is 0.253 e. The average molecular weight is 352 g/mol. The molecule has 2 N–H and O–H groups in total. The standard InChI is InChI=1S/C13H16N6O4S/c1-24(21,22)16-11-10(8-4-5-23-12(8)11)14-13(20)7-2-3-9-15-17-18-19(9)6-7/h2-3,6,8,10-12,16H,4-5H2,1H3,(H,14,20)/t8-,10+,11-,12-/m1/s1. The second kappa shape index (κ2) is 5.46. The van der Waals surface area contributed by atoms with E-state index in [1.165, 1.54) is 10.7 Å². The molecule has 1 saturated heterocycles. The summed E-state index contributed by atoms with van der Waals surface area (Å²) in [5.74, 6) is -0.187. The fourth-order valence-corrected chi connectivity index (χ4v) is 4.18. The maximum Gasteiger partial charge on any atom is 0.253 e. The van der Waals surface area contributed by atoms with Gasteiger partial charge in [0, 0.05) is 18.7 Å². The number of ether oxygens (including phenoxy) is 1. The lowest BCUT2D eigenvalue weighted by Crippen LogP contribution is -2.70. The van der Waals surface area contributed by atoms with Crippen LogP contribution in [-0.4, -0.2) is 65.4 Å². The highest BCUT2D eigenvalue weighted by atomic mass is 32.2. The number of carbonyl (C=O) groups excluding carboxylic acids is 1. The van der Waals surface area contributed by atoms with E-state index >= 15 is 0 Å². The van der Waals surface area contributed by atoms with Crippen molar-refractivity contribution in [1.29, 1.82) is 0 Å². The second-order valence-corrected chi connectivity index (χ2v) is 7.88. The maximum absolute atomic E-state index is 12.5. The molecule has 0 spiro atoms. The number of nitrogens with zero attached hydrogens (tertiary/aromatic N) is 4. The predicted molar refractivity (Wildman–Crippen MR) is 81.7 cm³/mol. The molecule has 4 rings (SSSR count). The van der Waals surface area contributed by atoms with Gasteiger partial charge in [0.15, 0.2) is 5.65 Å². The first-order valence-electron chi connectivity index (χ1n) is 7.50. The Bertz CT molecular complexity index is 897.